The fourth-order valence-corrected chi connectivity index (χ4v) is 6.11. The molecule has 0 bridgehead atoms. The Bertz CT molecular complexity index is 2070. The molecule has 7 rings (SSSR count). The highest BCUT2D eigenvalue weighted by atomic mass is 79.9. The number of amides is 1. The monoisotopic (exact) mass is 653 g/mol. The predicted octanol–water partition coefficient (Wildman–Crippen LogP) is 5.49. The lowest BCUT2D eigenvalue weighted by molar-refractivity contribution is 0.0729. The summed E-state index contributed by atoms with van der Waals surface area (Å²) in [6, 6.07) is 23.0. The topological polar surface area (TPSA) is 90.3 Å². The second-order valence-corrected chi connectivity index (χ2v) is 11.8. The normalized spacial score (nSPS) is 13.0. The molecular weight excluding hydrogens is 630 g/mol. The maximum Gasteiger partial charge on any atom is 0.261 e. The number of aryl methyl sites for hydroxylation is 1. The Hall–Kier alpha value is -4.54. The lowest BCUT2D eigenvalue weighted by Crippen LogP contribution is -2.41. The van der Waals surface area contributed by atoms with Crippen molar-refractivity contribution >= 4 is 39.1 Å². The van der Waals surface area contributed by atoms with Crippen LogP contribution in [0.15, 0.2) is 94.6 Å². The third-order valence-corrected chi connectivity index (χ3v) is 9.09. The number of nitrogens with zero attached hydrogens (tertiary/aromatic N) is 7. The van der Waals surface area contributed by atoms with E-state index in [1.807, 2.05) is 64.8 Å². The van der Waals surface area contributed by atoms with Gasteiger partial charge in [-0.1, -0.05) is 41.9 Å². The minimum Gasteiger partial charge on any atom is -0.332 e. The van der Waals surface area contributed by atoms with Gasteiger partial charge in [0, 0.05) is 46.7 Å². The molecule has 0 radical (unpaired) electrons. The summed E-state index contributed by atoms with van der Waals surface area (Å²) in [5.41, 5.74) is 6.07. The Labute approximate surface area is 260 Å². The molecule has 1 aliphatic rings. The summed E-state index contributed by atoms with van der Waals surface area (Å²) in [5.74, 6) is 0.592. The minimum atomic E-state index is -0.145. The van der Waals surface area contributed by atoms with Gasteiger partial charge in [-0.3, -0.25) is 14.2 Å². The zero-order valence-corrected chi connectivity index (χ0v) is 25.5. The van der Waals surface area contributed by atoms with Crippen molar-refractivity contribution in [2.24, 2.45) is 7.05 Å². The third kappa shape index (κ3) is 4.86. The van der Waals surface area contributed by atoms with Crippen molar-refractivity contribution in [1.82, 2.24) is 33.8 Å². The van der Waals surface area contributed by atoms with Gasteiger partial charge < -0.3 is 9.47 Å². The Kier molecular flexibility index (Phi) is 6.95. The van der Waals surface area contributed by atoms with E-state index < -0.39 is 0 Å². The van der Waals surface area contributed by atoms with Gasteiger partial charge in [0.15, 0.2) is 5.82 Å². The van der Waals surface area contributed by atoms with E-state index in [1.54, 1.807) is 34.0 Å². The van der Waals surface area contributed by atoms with Crippen molar-refractivity contribution in [3.05, 3.63) is 133 Å². The molecule has 1 aliphatic heterocycles. The summed E-state index contributed by atoms with van der Waals surface area (Å²) >= 11 is 9.67. The molecule has 3 aromatic heterocycles. The summed E-state index contributed by atoms with van der Waals surface area (Å²) in [6.07, 6.45) is 4.48. The molecular formula is C32H25BrClN7O2. The van der Waals surface area contributed by atoms with Gasteiger partial charge in [-0.25, -0.2) is 4.52 Å². The number of carbonyl (C=O) groups excluding carboxylic acids is 1. The number of fused-ring (bicyclic) bond motifs is 3. The molecule has 11 heteroatoms. The number of hydrogen-bond donors (Lipinski definition) is 0. The van der Waals surface area contributed by atoms with E-state index in [0.717, 1.165) is 32.7 Å². The molecule has 43 heavy (non-hydrogen) atoms. The SMILES string of the molecule is Cn1cnnc1-c1ccc(-n2c(=O)c3c(n4ncc(Cc5ccccc5)c24)CN(C(=O)c2ccc(Br)c(Cl)c2)CC3)cc1. The number of halogens is 2. The van der Waals surface area contributed by atoms with Crippen LogP contribution in [-0.2, 0) is 26.4 Å². The average molecular weight is 655 g/mol. The van der Waals surface area contributed by atoms with Crippen molar-refractivity contribution in [2.45, 2.75) is 19.4 Å². The molecule has 0 saturated carbocycles. The number of benzene rings is 3. The summed E-state index contributed by atoms with van der Waals surface area (Å²) in [7, 11) is 1.89. The Morgan fingerprint density at radius 1 is 1.05 bits per heavy atom. The Morgan fingerprint density at radius 3 is 2.56 bits per heavy atom. The third-order valence-electron chi connectivity index (χ3n) is 7.85. The fourth-order valence-electron chi connectivity index (χ4n) is 5.68. The number of aromatic nitrogens is 6. The van der Waals surface area contributed by atoms with E-state index in [9.17, 15) is 9.59 Å². The molecule has 6 aromatic rings. The maximum atomic E-state index is 14.3. The van der Waals surface area contributed by atoms with Crippen LogP contribution in [-0.4, -0.2) is 46.3 Å². The zero-order valence-electron chi connectivity index (χ0n) is 23.1. The van der Waals surface area contributed by atoms with Crippen LogP contribution in [0.1, 0.15) is 32.7 Å². The fraction of sp³-hybridized carbons (Fsp3) is 0.156. The lowest BCUT2D eigenvalue weighted by atomic mass is 10.0. The number of hydrogen-bond acceptors (Lipinski definition) is 5. The van der Waals surface area contributed by atoms with Crippen LogP contribution >= 0.6 is 27.5 Å². The Balaban J connectivity index is 1.35. The first-order chi connectivity index (χ1) is 20.9. The average Bonchev–Trinajstić information content (AvgIpc) is 3.65. The number of rotatable bonds is 5. The molecule has 0 N–H and O–H groups in total. The van der Waals surface area contributed by atoms with Crippen LogP contribution in [0.4, 0.5) is 0 Å². The molecule has 0 unspecified atom stereocenters. The van der Waals surface area contributed by atoms with Gasteiger partial charge in [-0.05, 0) is 70.4 Å². The second-order valence-electron chi connectivity index (χ2n) is 10.6. The number of carbonyl (C=O) groups is 1. The molecule has 0 atom stereocenters. The molecule has 3 aromatic carbocycles. The first-order valence-corrected chi connectivity index (χ1v) is 14.9. The van der Waals surface area contributed by atoms with E-state index in [4.69, 9.17) is 16.7 Å². The van der Waals surface area contributed by atoms with Gasteiger partial charge in [0.1, 0.15) is 12.0 Å². The Morgan fingerprint density at radius 2 is 1.84 bits per heavy atom. The highest BCUT2D eigenvalue weighted by Gasteiger charge is 2.29. The van der Waals surface area contributed by atoms with E-state index in [2.05, 4.69) is 38.3 Å². The first-order valence-electron chi connectivity index (χ1n) is 13.8. The second kappa shape index (κ2) is 10.9. The van der Waals surface area contributed by atoms with E-state index in [1.165, 1.54) is 0 Å². The molecule has 1 amide bonds. The summed E-state index contributed by atoms with van der Waals surface area (Å²) in [4.78, 5) is 29.6. The van der Waals surface area contributed by atoms with Gasteiger partial charge in [0.25, 0.3) is 11.5 Å². The van der Waals surface area contributed by atoms with E-state index in [-0.39, 0.29) is 18.0 Å². The van der Waals surface area contributed by atoms with Crippen LogP contribution in [0.25, 0.3) is 22.7 Å². The first kappa shape index (κ1) is 27.3. The van der Waals surface area contributed by atoms with Gasteiger partial charge in [-0.15, -0.1) is 10.2 Å². The molecule has 0 saturated heterocycles. The molecule has 4 heterocycles. The van der Waals surface area contributed by atoms with Crippen molar-refractivity contribution in [3.63, 3.8) is 0 Å². The summed E-state index contributed by atoms with van der Waals surface area (Å²) < 4.78 is 6.16. The minimum absolute atomic E-state index is 0.109. The van der Waals surface area contributed by atoms with Crippen molar-refractivity contribution in [1.29, 1.82) is 0 Å². The van der Waals surface area contributed by atoms with Gasteiger partial charge in [0.2, 0.25) is 0 Å². The van der Waals surface area contributed by atoms with Crippen molar-refractivity contribution < 1.29 is 4.79 Å². The van der Waals surface area contributed by atoms with Gasteiger partial charge in [0.05, 0.1) is 29.1 Å². The molecule has 0 spiro atoms. The van der Waals surface area contributed by atoms with E-state index in [0.29, 0.717) is 46.9 Å². The zero-order chi connectivity index (χ0) is 29.7. The smallest absolute Gasteiger partial charge is 0.261 e. The van der Waals surface area contributed by atoms with E-state index >= 15 is 0 Å². The highest BCUT2D eigenvalue weighted by Crippen LogP contribution is 2.28. The standard InChI is InChI=1S/C32H25BrClN7O2/c1-38-19-35-37-29(38)21-7-10-24(11-8-21)40-30-23(15-20-5-3-2-4-6-20)17-36-41(30)28-18-39(14-13-25(28)32(40)43)31(42)22-9-12-26(33)27(34)16-22/h2-12,16-17,19H,13-15,18H2,1H3. The summed E-state index contributed by atoms with van der Waals surface area (Å²) in [5, 5.41) is 13.4. The quantitative estimate of drug-likeness (QED) is 0.246. The predicted molar refractivity (Wildman–Crippen MR) is 168 cm³/mol. The van der Waals surface area contributed by atoms with Crippen LogP contribution in [0.2, 0.25) is 5.02 Å². The molecule has 0 fully saturated rings. The van der Waals surface area contributed by atoms with Crippen LogP contribution in [0, 0.1) is 0 Å². The van der Waals surface area contributed by atoms with Crippen LogP contribution in [0.5, 0.6) is 0 Å². The van der Waals surface area contributed by atoms with Gasteiger partial charge >= 0.3 is 0 Å². The molecule has 9 nitrogen and oxygen atoms in total. The maximum absolute atomic E-state index is 14.3. The van der Waals surface area contributed by atoms with Gasteiger partial charge in [-0.2, -0.15) is 5.10 Å². The summed E-state index contributed by atoms with van der Waals surface area (Å²) in [6.45, 7) is 0.662. The van der Waals surface area contributed by atoms with Crippen LogP contribution < -0.4 is 5.56 Å². The van der Waals surface area contributed by atoms with Crippen molar-refractivity contribution in [2.75, 3.05) is 6.54 Å². The van der Waals surface area contributed by atoms with Crippen LogP contribution in [0.3, 0.4) is 0 Å². The largest absolute Gasteiger partial charge is 0.332 e. The highest BCUT2D eigenvalue weighted by molar-refractivity contribution is 9.10. The van der Waals surface area contributed by atoms with Crippen molar-refractivity contribution in [3.8, 4) is 17.1 Å². The molecule has 0 aliphatic carbocycles. The lowest BCUT2D eigenvalue weighted by Gasteiger charge is -2.30. The molecule has 214 valence electrons.